The fraction of sp³-hybridized carbons (Fsp3) is 0.238. The van der Waals surface area contributed by atoms with Gasteiger partial charge in [0.2, 0.25) is 0 Å². The second-order valence-corrected chi connectivity index (χ2v) is 23.9. The first kappa shape index (κ1) is 48.8. The highest BCUT2D eigenvalue weighted by molar-refractivity contribution is 7.32. The molecule has 0 fully saturated rings. The molecule has 0 aliphatic heterocycles. The maximum absolute atomic E-state index is 7.46. The van der Waals surface area contributed by atoms with Crippen molar-refractivity contribution in [2.75, 3.05) is 21.3 Å². The monoisotopic (exact) mass is 1020 g/mol. The average molecular weight is 1020 g/mol. The summed E-state index contributed by atoms with van der Waals surface area (Å²) in [5.74, 6) is 3.16. The van der Waals surface area contributed by atoms with E-state index < -0.39 is 21.9 Å². The van der Waals surface area contributed by atoms with Crippen LogP contribution in [0.5, 0.6) is 28.7 Å². The van der Waals surface area contributed by atoms with Gasteiger partial charge in [-0.25, -0.2) is 0 Å². The molecule has 11 heteroatoms. The fourth-order valence-corrected chi connectivity index (χ4v) is 12.3. The van der Waals surface area contributed by atoms with Crippen molar-refractivity contribution in [3.8, 4) is 39.9 Å². The van der Waals surface area contributed by atoms with Crippen molar-refractivity contribution >= 4 is 92.7 Å². The Morgan fingerprint density at radius 1 is 0.378 bits per heavy atom. The molecule has 2 heterocycles. The molecule has 0 aliphatic rings. The van der Waals surface area contributed by atoms with Gasteiger partial charge >= 0.3 is 16.5 Å². The molecule has 0 radical (unpaired) electrons. The molecular formula is C63H60O9P2. The smallest absolute Gasteiger partial charge is 0.453 e. The number of hydrogen-bond acceptors (Lipinski definition) is 9. The van der Waals surface area contributed by atoms with E-state index in [-0.39, 0.29) is 10.8 Å². The van der Waals surface area contributed by atoms with Crippen LogP contribution in [0.1, 0.15) is 79.0 Å². The van der Waals surface area contributed by atoms with Crippen molar-refractivity contribution in [2.24, 2.45) is 0 Å². The molecule has 9 aromatic carbocycles. The van der Waals surface area contributed by atoms with Crippen molar-refractivity contribution in [2.45, 2.75) is 78.6 Å². The molecule has 11 aromatic rings. The predicted molar refractivity (Wildman–Crippen MR) is 305 cm³/mol. The summed E-state index contributed by atoms with van der Waals surface area (Å²) in [5, 5.41) is 9.63. The summed E-state index contributed by atoms with van der Waals surface area (Å²) in [7, 11) is 0.696. The summed E-state index contributed by atoms with van der Waals surface area (Å²) in [6.07, 6.45) is 0. The van der Waals surface area contributed by atoms with Crippen LogP contribution >= 0.6 is 16.5 Å². The molecule has 0 N–H and O–H groups in total. The Labute approximate surface area is 432 Å². The van der Waals surface area contributed by atoms with E-state index in [9.17, 15) is 0 Å². The van der Waals surface area contributed by atoms with Crippen molar-refractivity contribution in [1.29, 1.82) is 0 Å². The van der Waals surface area contributed by atoms with E-state index in [1.54, 1.807) is 21.3 Å². The highest BCUT2D eigenvalue weighted by Gasteiger charge is 2.31. The molecule has 376 valence electrons. The number of rotatable bonds is 8. The molecule has 0 aliphatic carbocycles. The van der Waals surface area contributed by atoms with Crippen molar-refractivity contribution in [1.82, 2.24) is 0 Å². The predicted octanol–water partition coefficient (Wildman–Crippen LogP) is 19.6. The highest BCUT2D eigenvalue weighted by Crippen LogP contribution is 2.54. The lowest BCUT2D eigenvalue weighted by Gasteiger charge is -2.26. The van der Waals surface area contributed by atoms with Gasteiger partial charge in [-0.05, 0) is 103 Å². The standard InChI is InChI=1S/C63H60O9P2/c1-61(2,3)49-34-40(64-10)31-46-55-43-22-16-13-19-37(43)25-28-52(55)67-73(70-58(46)49)68-53-29-26-38-20-14-17-23-44(38)56(53)47-32-41(65-11)35-50(62(4,5)6)59(47)71-74-69-54-30-27-39-21-15-18-24-45(39)57(54)48-33-42(66-12)36-51(60(48)72-74)63(7,8)9/h13-36H,1-12H3. The van der Waals surface area contributed by atoms with Crippen LogP contribution in [0, 0.1) is 0 Å². The molecule has 9 nitrogen and oxygen atoms in total. The van der Waals surface area contributed by atoms with Crippen LogP contribution in [0.25, 0.3) is 87.3 Å². The second kappa shape index (κ2) is 18.5. The topological polar surface area (TPSA) is 98.7 Å². The van der Waals surface area contributed by atoms with E-state index in [1.165, 1.54) is 0 Å². The normalized spacial score (nSPS) is 12.8. The summed E-state index contributed by atoms with van der Waals surface area (Å²) in [4.78, 5) is 0. The Balaban J connectivity index is 1.22. The van der Waals surface area contributed by atoms with Gasteiger partial charge < -0.3 is 40.0 Å². The van der Waals surface area contributed by atoms with E-state index in [4.69, 9.17) is 40.0 Å². The van der Waals surface area contributed by atoms with Crippen molar-refractivity contribution < 1.29 is 40.0 Å². The third kappa shape index (κ3) is 8.76. The van der Waals surface area contributed by atoms with E-state index in [2.05, 4.69) is 129 Å². The Morgan fingerprint density at radius 2 is 0.784 bits per heavy atom. The zero-order chi connectivity index (χ0) is 51.8. The molecule has 2 atom stereocenters. The van der Waals surface area contributed by atoms with Gasteiger partial charge in [0, 0.05) is 49.4 Å². The first-order valence-electron chi connectivity index (χ1n) is 24.8. The zero-order valence-electron chi connectivity index (χ0n) is 43.9. The summed E-state index contributed by atoms with van der Waals surface area (Å²) in [5.41, 5.74) is 5.69. The Hall–Kier alpha value is -7.44. The van der Waals surface area contributed by atoms with Gasteiger partial charge in [0.05, 0.1) is 21.3 Å². The number of hydrogen-bond donors (Lipinski definition) is 0. The van der Waals surface area contributed by atoms with Gasteiger partial charge in [0.25, 0.3) is 0 Å². The SMILES string of the molecule is COc1cc(-c2c(Op3oc4ccc5ccccc5c4c4cc(OC)cc(C(C)(C)C)c4o3)ccc3ccccc23)c(Op2oc3ccc4ccccc4c3c3cc(OC)cc(C(C)(C)C)c3o2)c(C(C)(C)C)c1. The van der Waals surface area contributed by atoms with E-state index >= 15 is 0 Å². The molecule has 2 aromatic heterocycles. The van der Waals surface area contributed by atoms with Crippen molar-refractivity contribution in [3.05, 3.63) is 162 Å². The number of methoxy groups -OCH3 is 3. The summed E-state index contributed by atoms with van der Waals surface area (Å²) >= 11 is 0. The van der Waals surface area contributed by atoms with Crippen LogP contribution < -0.4 is 23.3 Å². The molecule has 2 unspecified atom stereocenters. The lowest BCUT2D eigenvalue weighted by atomic mass is 9.83. The average Bonchev–Trinajstić information content (AvgIpc) is 3.64. The lowest BCUT2D eigenvalue weighted by Crippen LogP contribution is -2.13. The van der Waals surface area contributed by atoms with Gasteiger partial charge in [0.15, 0.2) is 0 Å². The van der Waals surface area contributed by atoms with E-state index in [0.29, 0.717) is 45.1 Å². The quantitative estimate of drug-likeness (QED) is 0.147. The van der Waals surface area contributed by atoms with Crippen LogP contribution in [0.4, 0.5) is 0 Å². The highest BCUT2D eigenvalue weighted by atomic mass is 31.1. The molecule has 0 spiro atoms. The second-order valence-electron chi connectivity index (χ2n) is 21.9. The van der Waals surface area contributed by atoms with Gasteiger partial charge in [0.1, 0.15) is 51.1 Å². The largest absolute Gasteiger partial charge is 0.497 e. The van der Waals surface area contributed by atoms with Crippen LogP contribution in [-0.2, 0) is 16.2 Å². The molecule has 11 rings (SSSR count). The van der Waals surface area contributed by atoms with E-state index in [0.717, 1.165) is 87.6 Å². The van der Waals surface area contributed by atoms with Crippen LogP contribution in [-0.4, -0.2) is 21.3 Å². The first-order chi connectivity index (χ1) is 35.4. The van der Waals surface area contributed by atoms with E-state index in [1.807, 2.05) is 78.9 Å². The number of benzene rings is 9. The Bertz CT molecular complexity index is 4110. The third-order valence-corrected chi connectivity index (χ3v) is 15.8. The van der Waals surface area contributed by atoms with Gasteiger partial charge in [-0.15, -0.1) is 0 Å². The van der Waals surface area contributed by atoms with Gasteiger partial charge in [-0.1, -0.05) is 153 Å². The third-order valence-electron chi connectivity index (χ3n) is 13.8. The minimum atomic E-state index is -2.21. The summed E-state index contributed by atoms with van der Waals surface area (Å²) in [6, 6.07) is 49.4. The van der Waals surface area contributed by atoms with Crippen molar-refractivity contribution in [3.63, 3.8) is 0 Å². The zero-order valence-corrected chi connectivity index (χ0v) is 45.7. The summed E-state index contributed by atoms with van der Waals surface area (Å²) < 4.78 is 61.3. The number of fused-ring (bicyclic) bond motifs is 11. The van der Waals surface area contributed by atoms with Crippen LogP contribution in [0.15, 0.2) is 162 Å². The molecule has 0 bridgehead atoms. The minimum absolute atomic E-state index is 0.350. The molecule has 74 heavy (non-hydrogen) atoms. The number of ether oxygens (including phenoxy) is 3. The maximum atomic E-state index is 7.46. The minimum Gasteiger partial charge on any atom is -0.497 e. The first-order valence-corrected chi connectivity index (χ1v) is 27.0. The molecule has 0 saturated heterocycles. The Kier molecular flexibility index (Phi) is 12.2. The van der Waals surface area contributed by atoms with Gasteiger partial charge in [-0.3, -0.25) is 0 Å². The van der Waals surface area contributed by atoms with Gasteiger partial charge in [-0.2, -0.15) is 0 Å². The molecular weight excluding hydrogens is 963 g/mol. The fourth-order valence-electron chi connectivity index (χ4n) is 10.1. The Morgan fingerprint density at radius 3 is 1.26 bits per heavy atom. The van der Waals surface area contributed by atoms with Crippen LogP contribution in [0.2, 0.25) is 0 Å². The summed E-state index contributed by atoms with van der Waals surface area (Å²) in [6.45, 7) is 19.5. The maximum Gasteiger partial charge on any atom is 0.453 e. The van der Waals surface area contributed by atoms with Crippen LogP contribution in [0.3, 0.4) is 0 Å². The lowest BCUT2D eigenvalue weighted by molar-refractivity contribution is 0.410. The molecule has 0 amide bonds. The molecule has 0 saturated carbocycles.